The Balaban J connectivity index is 1.88. The molecule has 1 aromatic carbocycles. The number of carbonyl (C=O) groups excluding carboxylic acids is 2. The second-order valence-electron chi connectivity index (χ2n) is 6.92. The molecule has 25 heavy (non-hydrogen) atoms. The van der Waals surface area contributed by atoms with E-state index in [1.54, 1.807) is 38.2 Å². The van der Waals surface area contributed by atoms with Gasteiger partial charge in [-0.2, -0.15) is 0 Å². The van der Waals surface area contributed by atoms with Crippen molar-refractivity contribution in [1.82, 2.24) is 14.7 Å². The Kier molecular flexibility index (Phi) is 6.93. The van der Waals surface area contributed by atoms with Crippen LogP contribution in [0.4, 0.5) is 4.39 Å². The van der Waals surface area contributed by atoms with E-state index >= 15 is 0 Å². The molecule has 0 N–H and O–H groups in total. The van der Waals surface area contributed by atoms with Crippen molar-refractivity contribution in [3.63, 3.8) is 0 Å². The highest BCUT2D eigenvalue weighted by molar-refractivity contribution is 5.83. The van der Waals surface area contributed by atoms with Gasteiger partial charge < -0.3 is 9.80 Å². The van der Waals surface area contributed by atoms with Gasteiger partial charge in [-0.15, -0.1) is 0 Å². The molecule has 0 aromatic heterocycles. The molecule has 1 fully saturated rings. The molecule has 1 heterocycles. The summed E-state index contributed by atoms with van der Waals surface area (Å²) in [6.07, 6.45) is 2.39. The summed E-state index contributed by atoms with van der Waals surface area (Å²) in [6, 6.07) is 6.94. The molecular weight excluding hydrogens is 321 g/mol. The fourth-order valence-corrected chi connectivity index (χ4v) is 3.18. The average molecular weight is 349 g/mol. The highest BCUT2D eigenvalue weighted by Crippen LogP contribution is 2.19. The number of likely N-dealkylation sites (tertiary alicyclic amines) is 1. The van der Waals surface area contributed by atoms with Crippen molar-refractivity contribution in [2.75, 3.05) is 34.2 Å². The molecule has 0 spiro atoms. The van der Waals surface area contributed by atoms with Gasteiger partial charge in [0.1, 0.15) is 5.82 Å². The predicted octanol–water partition coefficient (Wildman–Crippen LogP) is 2.12. The molecule has 6 heteroatoms. The van der Waals surface area contributed by atoms with E-state index in [4.69, 9.17) is 0 Å². The van der Waals surface area contributed by atoms with Crippen molar-refractivity contribution >= 4 is 11.8 Å². The molecule has 138 valence electrons. The summed E-state index contributed by atoms with van der Waals surface area (Å²) < 4.78 is 13.8. The summed E-state index contributed by atoms with van der Waals surface area (Å²) in [5, 5.41) is 0. The van der Waals surface area contributed by atoms with E-state index in [0.717, 1.165) is 25.9 Å². The minimum Gasteiger partial charge on any atom is -0.349 e. The lowest BCUT2D eigenvalue weighted by atomic mass is 10.0. The zero-order valence-electron chi connectivity index (χ0n) is 15.4. The number of hydrogen-bond donors (Lipinski definition) is 0. The Morgan fingerprint density at radius 2 is 1.84 bits per heavy atom. The quantitative estimate of drug-likeness (QED) is 0.790. The number of amides is 2. The number of rotatable bonds is 6. The lowest BCUT2D eigenvalue weighted by Crippen LogP contribution is -2.48. The maximum absolute atomic E-state index is 13.8. The molecule has 2 rings (SSSR count). The number of nitrogens with zero attached hydrogens (tertiary/aromatic N) is 3. The van der Waals surface area contributed by atoms with Crippen LogP contribution < -0.4 is 0 Å². The highest BCUT2D eigenvalue weighted by Gasteiger charge is 2.26. The molecule has 1 aliphatic heterocycles. The van der Waals surface area contributed by atoms with E-state index in [-0.39, 0.29) is 36.5 Å². The van der Waals surface area contributed by atoms with E-state index in [0.29, 0.717) is 12.1 Å². The van der Waals surface area contributed by atoms with Crippen LogP contribution in [0.5, 0.6) is 0 Å². The van der Waals surface area contributed by atoms with Gasteiger partial charge in [-0.05, 0) is 25.5 Å². The first-order valence-electron chi connectivity index (χ1n) is 8.80. The van der Waals surface area contributed by atoms with Crippen molar-refractivity contribution in [3.8, 4) is 0 Å². The summed E-state index contributed by atoms with van der Waals surface area (Å²) in [6.45, 7) is 2.20. The Labute approximate surface area is 149 Å². The highest BCUT2D eigenvalue weighted by atomic mass is 19.1. The van der Waals surface area contributed by atoms with Crippen molar-refractivity contribution in [1.29, 1.82) is 0 Å². The average Bonchev–Trinajstić information content (AvgIpc) is 2.60. The largest absolute Gasteiger partial charge is 0.349 e. The van der Waals surface area contributed by atoms with Crippen molar-refractivity contribution in [2.45, 2.75) is 38.3 Å². The number of benzene rings is 1. The van der Waals surface area contributed by atoms with E-state index in [2.05, 4.69) is 4.90 Å². The van der Waals surface area contributed by atoms with Crippen molar-refractivity contribution in [3.05, 3.63) is 35.6 Å². The molecule has 1 saturated heterocycles. The Morgan fingerprint density at radius 3 is 2.52 bits per heavy atom. The molecule has 1 atom stereocenters. The Hall–Kier alpha value is -1.95. The Bertz CT molecular complexity index is 606. The summed E-state index contributed by atoms with van der Waals surface area (Å²) in [7, 11) is 5.19. The number of hydrogen-bond acceptors (Lipinski definition) is 3. The van der Waals surface area contributed by atoms with Gasteiger partial charge in [-0.1, -0.05) is 18.2 Å². The van der Waals surface area contributed by atoms with Crippen LogP contribution in [0.2, 0.25) is 0 Å². The molecule has 1 aliphatic rings. The topological polar surface area (TPSA) is 43.9 Å². The molecule has 0 bridgehead atoms. The maximum atomic E-state index is 13.8. The van der Waals surface area contributed by atoms with Gasteiger partial charge in [-0.3, -0.25) is 14.5 Å². The van der Waals surface area contributed by atoms with Gasteiger partial charge in [0.25, 0.3) is 0 Å². The third-order valence-corrected chi connectivity index (χ3v) is 4.83. The van der Waals surface area contributed by atoms with E-state index in [1.807, 2.05) is 6.07 Å². The first kappa shape index (κ1) is 19.4. The number of halogens is 1. The molecule has 0 saturated carbocycles. The molecule has 2 amide bonds. The summed E-state index contributed by atoms with van der Waals surface area (Å²) in [4.78, 5) is 29.5. The van der Waals surface area contributed by atoms with Crippen LogP contribution in [0.1, 0.15) is 31.2 Å². The normalized spacial score (nSPS) is 18.0. The standard InChI is InChI=1S/C19H28FN3O2/c1-21(2)18(24)10-11-19(25)22(3)16-8-6-12-23(14-16)13-15-7-4-5-9-17(15)20/h4-5,7,9,16H,6,8,10-14H2,1-3H3/t16-/m0/s1. The van der Waals surface area contributed by atoms with Gasteiger partial charge in [-0.25, -0.2) is 4.39 Å². The summed E-state index contributed by atoms with van der Waals surface area (Å²) in [5.41, 5.74) is 0.689. The van der Waals surface area contributed by atoms with Gasteiger partial charge in [0.2, 0.25) is 11.8 Å². The number of carbonyl (C=O) groups is 2. The van der Waals surface area contributed by atoms with E-state index in [9.17, 15) is 14.0 Å². The molecule has 0 radical (unpaired) electrons. The van der Waals surface area contributed by atoms with Gasteiger partial charge in [0.15, 0.2) is 0 Å². The number of piperidine rings is 1. The van der Waals surface area contributed by atoms with Gasteiger partial charge >= 0.3 is 0 Å². The fraction of sp³-hybridized carbons (Fsp3) is 0.579. The smallest absolute Gasteiger partial charge is 0.223 e. The minimum absolute atomic E-state index is 0.00654. The van der Waals surface area contributed by atoms with Crippen molar-refractivity contribution in [2.24, 2.45) is 0 Å². The minimum atomic E-state index is -0.184. The van der Waals surface area contributed by atoms with E-state index in [1.165, 1.54) is 11.0 Å². The van der Waals surface area contributed by atoms with Crippen LogP contribution in [0.3, 0.4) is 0 Å². The lowest BCUT2D eigenvalue weighted by molar-refractivity contribution is -0.137. The van der Waals surface area contributed by atoms with Crippen LogP contribution in [0.25, 0.3) is 0 Å². The second-order valence-corrected chi connectivity index (χ2v) is 6.92. The maximum Gasteiger partial charge on any atom is 0.223 e. The zero-order chi connectivity index (χ0) is 18.4. The second kappa shape index (κ2) is 8.94. The first-order chi connectivity index (χ1) is 11.9. The monoisotopic (exact) mass is 349 g/mol. The molecule has 0 aliphatic carbocycles. The molecular formula is C19H28FN3O2. The van der Waals surface area contributed by atoms with Crippen LogP contribution in [0, 0.1) is 5.82 Å². The van der Waals surface area contributed by atoms with Crippen LogP contribution in [-0.2, 0) is 16.1 Å². The predicted molar refractivity (Wildman–Crippen MR) is 95.4 cm³/mol. The third-order valence-electron chi connectivity index (χ3n) is 4.83. The zero-order valence-corrected chi connectivity index (χ0v) is 15.4. The fourth-order valence-electron chi connectivity index (χ4n) is 3.18. The number of likely N-dealkylation sites (N-methyl/N-ethyl adjacent to an activating group) is 1. The van der Waals surface area contributed by atoms with Crippen LogP contribution in [0.15, 0.2) is 24.3 Å². The lowest BCUT2D eigenvalue weighted by Gasteiger charge is -2.37. The van der Waals surface area contributed by atoms with Crippen molar-refractivity contribution < 1.29 is 14.0 Å². The third kappa shape index (κ3) is 5.53. The van der Waals surface area contributed by atoms with Crippen LogP contribution >= 0.6 is 0 Å². The van der Waals surface area contributed by atoms with E-state index < -0.39 is 0 Å². The Morgan fingerprint density at radius 1 is 1.16 bits per heavy atom. The molecule has 5 nitrogen and oxygen atoms in total. The summed E-state index contributed by atoms with van der Waals surface area (Å²) >= 11 is 0. The molecule has 0 unspecified atom stereocenters. The SMILES string of the molecule is CN(C)C(=O)CCC(=O)N(C)[C@H]1CCCN(Cc2ccccc2F)C1. The van der Waals surface area contributed by atoms with Gasteiger partial charge in [0.05, 0.1) is 0 Å². The van der Waals surface area contributed by atoms with Crippen LogP contribution in [-0.4, -0.2) is 66.8 Å². The summed E-state index contributed by atoms with van der Waals surface area (Å²) in [5.74, 6) is -0.226. The van der Waals surface area contributed by atoms with Gasteiger partial charge in [0, 0.05) is 58.7 Å². The molecule has 1 aromatic rings. The first-order valence-corrected chi connectivity index (χ1v) is 8.80.